The van der Waals surface area contributed by atoms with E-state index in [-0.39, 0.29) is 34.0 Å². The largest absolute Gasteiger partial charge is 0.459 e. The van der Waals surface area contributed by atoms with Gasteiger partial charge in [-0.1, -0.05) is 53.9 Å². The first-order valence-electron chi connectivity index (χ1n) is 15.6. The molecule has 0 saturated heterocycles. The molecule has 0 unspecified atom stereocenters. The SMILES string of the molecule is CCCCCCSC[C@]1(OC(=O)CC)CC[C@H]2[C@@H]3CC[C@H]4C[C@@](C)(OC(=O)CC)C[C@]4(C)[C@H]3CC[C@@]21C. The van der Waals surface area contributed by atoms with Gasteiger partial charge in [-0.15, -0.1) is 0 Å². The molecular weight excluding hydrogens is 480 g/mol. The summed E-state index contributed by atoms with van der Waals surface area (Å²) in [7, 11) is 0. The molecule has 4 aliphatic rings. The van der Waals surface area contributed by atoms with Crippen molar-refractivity contribution in [3.05, 3.63) is 0 Å². The van der Waals surface area contributed by atoms with E-state index in [4.69, 9.17) is 9.47 Å². The Kier molecular flexibility index (Phi) is 9.03. The van der Waals surface area contributed by atoms with Crippen LogP contribution >= 0.6 is 11.8 Å². The second-order valence-electron chi connectivity index (χ2n) is 13.7. The van der Waals surface area contributed by atoms with Crippen molar-refractivity contribution in [1.82, 2.24) is 0 Å². The molecule has 0 heterocycles. The van der Waals surface area contributed by atoms with Crippen LogP contribution in [0.2, 0.25) is 0 Å². The van der Waals surface area contributed by atoms with Crippen LogP contribution in [0, 0.1) is 34.5 Å². The molecule has 0 aromatic rings. The number of hydrogen-bond donors (Lipinski definition) is 0. The molecule has 0 N–H and O–H groups in total. The number of unbranched alkanes of at least 4 members (excludes halogenated alkanes) is 3. The third-order valence-electron chi connectivity index (χ3n) is 11.5. The fraction of sp³-hybridized carbons (Fsp3) is 0.938. The van der Waals surface area contributed by atoms with Crippen molar-refractivity contribution in [2.75, 3.05) is 11.5 Å². The van der Waals surface area contributed by atoms with Crippen LogP contribution in [0.5, 0.6) is 0 Å². The molecule has 0 spiro atoms. The van der Waals surface area contributed by atoms with Gasteiger partial charge in [-0.3, -0.25) is 9.59 Å². The first-order chi connectivity index (χ1) is 17.6. The number of carbonyl (C=O) groups excluding carboxylic acids is 2. The van der Waals surface area contributed by atoms with E-state index >= 15 is 0 Å². The zero-order valence-corrected chi connectivity index (χ0v) is 25.5. The summed E-state index contributed by atoms with van der Waals surface area (Å²) in [6.45, 7) is 13.3. The van der Waals surface area contributed by atoms with Gasteiger partial charge < -0.3 is 9.47 Å². The molecule has 4 nitrogen and oxygen atoms in total. The van der Waals surface area contributed by atoms with Gasteiger partial charge in [-0.2, -0.15) is 11.8 Å². The van der Waals surface area contributed by atoms with Crippen molar-refractivity contribution >= 4 is 23.7 Å². The highest BCUT2D eigenvalue weighted by Gasteiger charge is 2.68. The van der Waals surface area contributed by atoms with Crippen LogP contribution in [0.3, 0.4) is 0 Å². The highest BCUT2D eigenvalue weighted by Crippen LogP contribution is 2.71. The second-order valence-corrected chi connectivity index (χ2v) is 14.9. The maximum atomic E-state index is 12.8. The number of ether oxygens (including phenoxy) is 2. The average Bonchev–Trinajstić information content (AvgIpc) is 3.30. The summed E-state index contributed by atoms with van der Waals surface area (Å²) in [6, 6.07) is 0. The topological polar surface area (TPSA) is 52.6 Å². The van der Waals surface area contributed by atoms with Gasteiger partial charge in [0.05, 0.1) is 0 Å². The fourth-order valence-corrected chi connectivity index (χ4v) is 11.1. The van der Waals surface area contributed by atoms with Crippen LogP contribution in [-0.2, 0) is 19.1 Å². The highest BCUT2D eigenvalue weighted by atomic mass is 32.2. The lowest BCUT2D eigenvalue weighted by Gasteiger charge is -2.59. The van der Waals surface area contributed by atoms with E-state index in [0.717, 1.165) is 31.4 Å². The van der Waals surface area contributed by atoms with E-state index < -0.39 is 0 Å². The van der Waals surface area contributed by atoms with Gasteiger partial charge in [-0.05, 0) is 99.6 Å². The predicted molar refractivity (Wildman–Crippen MR) is 152 cm³/mol. The molecule has 0 aromatic heterocycles. The summed E-state index contributed by atoms with van der Waals surface area (Å²) in [5, 5.41) is 0. The van der Waals surface area contributed by atoms with Gasteiger partial charge >= 0.3 is 11.9 Å². The standard InChI is InChI=1S/C32H54O4S/c1-7-10-11-12-19-37-22-32(36-28(34)9-3)18-16-26-24-14-13-23-20-29(4,35-27(33)8-2)21-30(23,5)25(24)15-17-31(26,32)6/h23-26H,7-22H2,1-6H3/t23-,24+,25-,26-,29+,30-,31-,32+/m0/s1. The van der Waals surface area contributed by atoms with E-state index in [1.807, 2.05) is 25.6 Å². The van der Waals surface area contributed by atoms with E-state index in [1.165, 1.54) is 57.1 Å². The van der Waals surface area contributed by atoms with Gasteiger partial charge in [0.2, 0.25) is 0 Å². The van der Waals surface area contributed by atoms with Gasteiger partial charge in [0.25, 0.3) is 0 Å². The lowest BCUT2D eigenvalue weighted by Crippen LogP contribution is -2.57. The number of thioether (sulfide) groups is 1. The second kappa shape index (κ2) is 11.4. The average molecular weight is 535 g/mol. The third kappa shape index (κ3) is 5.38. The lowest BCUT2D eigenvalue weighted by molar-refractivity contribution is -0.181. The molecular formula is C32H54O4S. The van der Waals surface area contributed by atoms with Crippen molar-refractivity contribution in [2.45, 2.75) is 143 Å². The lowest BCUT2D eigenvalue weighted by atomic mass is 9.47. The van der Waals surface area contributed by atoms with E-state index in [1.54, 1.807) is 0 Å². The summed E-state index contributed by atoms with van der Waals surface area (Å²) in [4.78, 5) is 25.0. The minimum atomic E-state index is -0.316. The first-order valence-corrected chi connectivity index (χ1v) is 16.7. The molecule has 5 heteroatoms. The summed E-state index contributed by atoms with van der Waals surface area (Å²) < 4.78 is 12.6. The molecule has 0 amide bonds. The van der Waals surface area contributed by atoms with Crippen molar-refractivity contribution < 1.29 is 19.1 Å². The quantitative estimate of drug-likeness (QED) is 0.197. The molecule has 0 aromatic carbocycles. The van der Waals surface area contributed by atoms with E-state index in [2.05, 4.69) is 27.7 Å². The van der Waals surface area contributed by atoms with Crippen LogP contribution in [0.25, 0.3) is 0 Å². The monoisotopic (exact) mass is 534 g/mol. The number of rotatable bonds is 11. The first kappa shape index (κ1) is 29.3. The van der Waals surface area contributed by atoms with Crippen molar-refractivity contribution in [2.24, 2.45) is 34.5 Å². The van der Waals surface area contributed by atoms with Crippen molar-refractivity contribution in [3.8, 4) is 0 Å². The number of carbonyl (C=O) groups is 2. The van der Waals surface area contributed by atoms with Crippen LogP contribution < -0.4 is 0 Å². The normalized spacial score (nSPS) is 42.5. The Balaban J connectivity index is 1.52. The molecule has 4 saturated carbocycles. The number of esters is 2. The summed E-state index contributed by atoms with van der Waals surface area (Å²) >= 11 is 2.03. The van der Waals surface area contributed by atoms with Gasteiger partial charge in [0, 0.05) is 24.0 Å². The summed E-state index contributed by atoms with van der Waals surface area (Å²) in [6.07, 6.45) is 15.2. The number of hydrogen-bond acceptors (Lipinski definition) is 5. The van der Waals surface area contributed by atoms with E-state index in [0.29, 0.717) is 36.5 Å². The Morgan fingerprint density at radius 2 is 1.54 bits per heavy atom. The predicted octanol–water partition coefficient (Wildman–Crippen LogP) is 8.36. The summed E-state index contributed by atoms with van der Waals surface area (Å²) in [5.41, 5.74) is -0.321. The maximum absolute atomic E-state index is 12.8. The molecule has 4 fully saturated rings. The fourth-order valence-electron chi connectivity index (χ4n) is 9.65. The molecule has 0 aliphatic heterocycles. The Morgan fingerprint density at radius 3 is 2.24 bits per heavy atom. The highest BCUT2D eigenvalue weighted by molar-refractivity contribution is 7.99. The van der Waals surface area contributed by atoms with Gasteiger partial charge in [0.1, 0.15) is 11.2 Å². The molecule has 37 heavy (non-hydrogen) atoms. The van der Waals surface area contributed by atoms with Crippen molar-refractivity contribution in [1.29, 1.82) is 0 Å². The van der Waals surface area contributed by atoms with E-state index in [9.17, 15) is 9.59 Å². The summed E-state index contributed by atoms with van der Waals surface area (Å²) in [5.74, 6) is 4.72. The minimum Gasteiger partial charge on any atom is -0.459 e. The molecule has 4 aliphatic carbocycles. The third-order valence-corrected chi connectivity index (χ3v) is 12.8. The molecule has 0 bridgehead atoms. The van der Waals surface area contributed by atoms with Gasteiger partial charge in [0.15, 0.2) is 0 Å². The smallest absolute Gasteiger partial charge is 0.306 e. The van der Waals surface area contributed by atoms with Gasteiger partial charge in [-0.25, -0.2) is 0 Å². The zero-order valence-electron chi connectivity index (χ0n) is 24.7. The molecule has 4 rings (SSSR count). The van der Waals surface area contributed by atoms with Crippen LogP contribution in [0.4, 0.5) is 0 Å². The molecule has 0 radical (unpaired) electrons. The zero-order chi connectivity index (χ0) is 26.9. The minimum absolute atomic E-state index is 0.0180. The molecule has 212 valence electrons. The number of fused-ring (bicyclic) bond motifs is 5. The van der Waals surface area contributed by atoms with Crippen molar-refractivity contribution in [3.63, 3.8) is 0 Å². The Morgan fingerprint density at radius 1 is 0.838 bits per heavy atom. The Labute approximate surface area is 231 Å². The van der Waals surface area contributed by atoms with Crippen LogP contribution in [0.15, 0.2) is 0 Å². The maximum Gasteiger partial charge on any atom is 0.306 e. The Hall–Kier alpha value is -0.710. The molecule has 8 atom stereocenters. The van der Waals surface area contributed by atoms with Crippen LogP contribution in [-0.4, -0.2) is 34.6 Å². The van der Waals surface area contributed by atoms with Crippen LogP contribution in [0.1, 0.15) is 131 Å². The Bertz CT molecular complexity index is 830.